The molecular formula is C37H40ClN3O2. The number of nitrogens with zero attached hydrogens (tertiary/aromatic N) is 2. The molecule has 1 N–H and O–H groups in total. The number of hydrogen-bond donors (Lipinski definition) is 1. The van der Waals surface area contributed by atoms with Crippen molar-refractivity contribution < 1.29 is 9.53 Å². The minimum atomic E-state index is 0.0735. The number of imidazole rings is 1. The predicted molar refractivity (Wildman–Crippen MR) is 177 cm³/mol. The molecule has 5 nitrogen and oxygen atoms in total. The first kappa shape index (κ1) is 30.4. The zero-order valence-corrected chi connectivity index (χ0v) is 25.7. The first-order valence-corrected chi connectivity index (χ1v) is 15.7. The number of halogens is 1. The molecule has 0 saturated carbocycles. The highest BCUT2D eigenvalue weighted by Gasteiger charge is 2.11. The molecule has 4 aromatic carbocycles. The van der Waals surface area contributed by atoms with E-state index in [1.807, 2.05) is 61.5 Å². The van der Waals surface area contributed by atoms with Gasteiger partial charge in [-0.2, -0.15) is 0 Å². The number of rotatable bonds is 15. The molecule has 0 radical (unpaired) electrons. The Morgan fingerprint density at radius 1 is 0.837 bits per heavy atom. The average Bonchev–Trinajstić information content (AvgIpc) is 3.38. The van der Waals surface area contributed by atoms with Crippen LogP contribution >= 0.6 is 11.6 Å². The van der Waals surface area contributed by atoms with Crippen molar-refractivity contribution in [2.75, 3.05) is 13.2 Å². The van der Waals surface area contributed by atoms with Gasteiger partial charge in [-0.25, -0.2) is 4.98 Å². The summed E-state index contributed by atoms with van der Waals surface area (Å²) in [5.74, 6) is 2.08. The fraction of sp³-hybridized carbons (Fsp3) is 0.297. The van der Waals surface area contributed by atoms with Crippen LogP contribution in [-0.2, 0) is 24.2 Å². The van der Waals surface area contributed by atoms with Crippen molar-refractivity contribution in [1.82, 2.24) is 14.9 Å². The van der Waals surface area contributed by atoms with Crippen LogP contribution < -0.4 is 10.1 Å². The maximum Gasteiger partial charge on any atom is 0.224 e. The highest BCUT2D eigenvalue weighted by molar-refractivity contribution is 6.31. The van der Waals surface area contributed by atoms with Crippen molar-refractivity contribution in [3.05, 3.63) is 119 Å². The van der Waals surface area contributed by atoms with Crippen molar-refractivity contribution in [1.29, 1.82) is 0 Å². The molecule has 0 aliphatic rings. The van der Waals surface area contributed by atoms with Crippen LogP contribution in [0.5, 0.6) is 5.75 Å². The summed E-state index contributed by atoms with van der Waals surface area (Å²) in [6.45, 7) is 4.28. The number of nitrogens with one attached hydrogen (secondary N) is 1. The number of hydrogen-bond acceptors (Lipinski definition) is 3. The number of unbranched alkanes of at least 4 members (excludes halogenated alkanes) is 3. The van der Waals surface area contributed by atoms with Gasteiger partial charge in [-0.15, -0.1) is 0 Å². The van der Waals surface area contributed by atoms with Gasteiger partial charge < -0.3 is 14.6 Å². The van der Waals surface area contributed by atoms with Crippen molar-refractivity contribution >= 4 is 28.5 Å². The van der Waals surface area contributed by atoms with E-state index in [1.54, 1.807) is 0 Å². The van der Waals surface area contributed by atoms with Crippen LogP contribution in [0.1, 0.15) is 49.1 Å². The van der Waals surface area contributed by atoms with Gasteiger partial charge in [-0.05, 0) is 85.2 Å². The number of aromatic nitrogens is 2. The minimum absolute atomic E-state index is 0.0735. The van der Waals surface area contributed by atoms with Crippen molar-refractivity contribution in [2.24, 2.45) is 0 Å². The smallest absolute Gasteiger partial charge is 0.224 e. The highest BCUT2D eigenvalue weighted by atomic mass is 35.5. The molecule has 1 aromatic heterocycles. The molecule has 0 spiro atoms. The van der Waals surface area contributed by atoms with E-state index in [9.17, 15) is 4.79 Å². The van der Waals surface area contributed by atoms with E-state index in [1.165, 1.54) is 11.1 Å². The third-order valence-corrected chi connectivity index (χ3v) is 8.16. The lowest BCUT2D eigenvalue weighted by Crippen LogP contribution is -2.26. The molecule has 5 rings (SSSR count). The van der Waals surface area contributed by atoms with E-state index in [4.69, 9.17) is 21.3 Å². The Morgan fingerprint density at radius 3 is 2.42 bits per heavy atom. The third-order valence-electron chi connectivity index (χ3n) is 7.73. The Hall–Kier alpha value is -4.09. The zero-order valence-electron chi connectivity index (χ0n) is 24.9. The zero-order chi connectivity index (χ0) is 29.9. The largest absolute Gasteiger partial charge is 0.494 e. The summed E-state index contributed by atoms with van der Waals surface area (Å²) in [5, 5.41) is 3.85. The number of carbonyl (C=O) groups excluding carboxylic acids is 1. The van der Waals surface area contributed by atoms with Crippen molar-refractivity contribution in [3.63, 3.8) is 0 Å². The molecule has 6 heteroatoms. The molecule has 0 aliphatic heterocycles. The summed E-state index contributed by atoms with van der Waals surface area (Å²) >= 11 is 6.12. The van der Waals surface area contributed by atoms with Gasteiger partial charge in [0.2, 0.25) is 5.91 Å². The molecule has 0 atom stereocenters. The molecule has 0 unspecified atom stereocenters. The number of para-hydroxylation sites is 2. The van der Waals surface area contributed by atoms with Crippen LogP contribution in [0.3, 0.4) is 0 Å². The molecule has 0 saturated heterocycles. The molecule has 0 bridgehead atoms. The van der Waals surface area contributed by atoms with Gasteiger partial charge in [-0.3, -0.25) is 4.79 Å². The van der Waals surface area contributed by atoms with Crippen LogP contribution in [0.4, 0.5) is 0 Å². The van der Waals surface area contributed by atoms with E-state index in [0.29, 0.717) is 19.6 Å². The Bertz CT molecular complexity index is 1610. The van der Waals surface area contributed by atoms with E-state index in [-0.39, 0.29) is 5.91 Å². The number of carbonyl (C=O) groups is 1. The van der Waals surface area contributed by atoms with Gasteiger partial charge in [-0.1, -0.05) is 84.8 Å². The monoisotopic (exact) mass is 593 g/mol. The van der Waals surface area contributed by atoms with E-state index < -0.39 is 0 Å². The van der Waals surface area contributed by atoms with Crippen LogP contribution in [0.15, 0.2) is 97.1 Å². The van der Waals surface area contributed by atoms with E-state index in [2.05, 4.69) is 52.3 Å². The third kappa shape index (κ3) is 8.71. The highest BCUT2D eigenvalue weighted by Crippen LogP contribution is 2.22. The fourth-order valence-corrected chi connectivity index (χ4v) is 5.46. The fourth-order valence-electron chi connectivity index (χ4n) is 5.34. The maximum absolute atomic E-state index is 12.5. The summed E-state index contributed by atoms with van der Waals surface area (Å²) in [6.07, 6.45) is 6.36. The van der Waals surface area contributed by atoms with Gasteiger partial charge in [0.25, 0.3) is 0 Å². The van der Waals surface area contributed by atoms with Crippen molar-refractivity contribution in [3.8, 4) is 16.9 Å². The van der Waals surface area contributed by atoms with Gasteiger partial charge in [0.15, 0.2) is 0 Å². The standard InChI is InChI=1S/C37H40ClN3O2/c1-28-26-32(21-22-33(28)38)43-25-11-10-24-41-35-15-8-7-14-34(35)40-36(41)16-6-3-9-23-39-37(42)27-29-17-19-31(20-18-29)30-12-4-2-5-13-30/h2,4-5,7-8,12-15,17-22,26H,3,6,9-11,16,23-25,27H2,1H3,(H,39,42). The molecule has 0 fully saturated rings. The molecular weight excluding hydrogens is 554 g/mol. The summed E-state index contributed by atoms with van der Waals surface area (Å²) in [5.41, 5.74) is 6.65. The molecule has 43 heavy (non-hydrogen) atoms. The lowest BCUT2D eigenvalue weighted by Gasteiger charge is -2.11. The van der Waals surface area contributed by atoms with Crippen molar-refractivity contribution in [2.45, 2.75) is 58.4 Å². The number of benzene rings is 4. The predicted octanol–water partition coefficient (Wildman–Crippen LogP) is 8.60. The normalized spacial score (nSPS) is 11.1. The Morgan fingerprint density at radius 2 is 1.60 bits per heavy atom. The summed E-state index contributed by atoms with van der Waals surface area (Å²) in [6, 6.07) is 32.7. The summed E-state index contributed by atoms with van der Waals surface area (Å²) < 4.78 is 8.31. The number of aryl methyl sites for hydroxylation is 3. The number of amides is 1. The van der Waals surface area contributed by atoms with Crippen LogP contribution in [0.2, 0.25) is 5.02 Å². The van der Waals surface area contributed by atoms with Gasteiger partial charge in [0.1, 0.15) is 11.6 Å². The van der Waals surface area contributed by atoms with E-state index in [0.717, 1.165) is 83.9 Å². The molecule has 0 aliphatic carbocycles. The van der Waals surface area contributed by atoms with E-state index >= 15 is 0 Å². The first-order valence-electron chi connectivity index (χ1n) is 15.3. The van der Waals surface area contributed by atoms with Gasteiger partial charge >= 0.3 is 0 Å². The second kappa shape index (κ2) is 15.4. The molecule has 1 amide bonds. The minimum Gasteiger partial charge on any atom is -0.494 e. The number of fused-ring (bicyclic) bond motifs is 1. The average molecular weight is 594 g/mol. The SMILES string of the molecule is Cc1cc(OCCCCn2c(CCCCCNC(=O)Cc3ccc(-c4ccccc4)cc3)nc3ccccc32)ccc1Cl. The second-order valence-corrected chi connectivity index (χ2v) is 11.4. The first-order chi connectivity index (χ1) is 21.1. The molecule has 5 aromatic rings. The Labute approximate surface area is 259 Å². The van der Waals surface area contributed by atoms with Crippen LogP contribution in [0.25, 0.3) is 22.2 Å². The van der Waals surface area contributed by atoms with Crippen LogP contribution in [-0.4, -0.2) is 28.6 Å². The van der Waals surface area contributed by atoms with Crippen LogP contribution in [0, 0.1) is 6.92 Å². The maximum atomic E-state index is 12.5. The summed E-state index contributed by atoms with van der Waals surface area (Å²) in [4.78, 5) is 17.4. The Kier molecular flexibility index (Phi) is 10.9. The number of ether oxygens (including phenoxy) is 1. The summed E-state index contributed by atoms with van der Waals surface area (Å²) in [7, 11) is 0. The lowest BCUT2D eigenvalue weighted by atomic mass is 10.0. The second-order valence-electron chi connectivity index (χ2n) is 11.0. The Balaban J connectivity index is 1.02. The van der Waals surface area contributed by atoms with Gasteiger partial charge in [0.05, 0.1) is 24.1 Å². The quantitative estimate of drug-likeness (QED) is 0.124. The molecule has 222 valence electrons. The lowest BCUT2D eigenvalue weighted by molar-refractivity contribution is -0.120. The topological polar surface area (TPSA) is 56.1 Å². The molecule has 1 heterocycles. The van der Waals surface area contributed by atoms with Gasteiger partial charge in [0, 0.05) is 24.5 Å².